The molecule has 7 nitrogen and oxygen atoms in total. The fourth-order valence-electron chi connectivity index (χ4n) is 3.51. The molecule has 0 bridgehead atoms. The molecule has 1 aliphatic carbocycles. The molecule has 2 aliphatic rings. The van der Waals surface area contributed by atoms with Crippen LogP contribution in [0.15, 0.2) is 29.4 Å². The van der Waals surface area contributed by atoms with Gasteiger partial charge in [-0.1, -0.05) is 12.1 Å². The second-order valence-corrected chi connectivity index (χ2v) is 8.41. The Kier molecular flexibility index (Phi) is 4.60. The highest BCUT2D eigenvalue weighted by atomic mass is 32.2. The zero-order valence-corrected chi connectivity index (χ0v) is 15.6. The summed E-state index contributed by atoms with van der Waals surface area (Å²) < 4.78 is 41.5. The number of benzene rings is 1. The molecule has 0 unspecified atom stereocenters. The third-order valence-corrected chi connectivity index (χ3v) is 6.05. The molecule has 0 amide bonds. The van der Waals surface area contributed by atoms with Crippen LogP contribution in [0.1, 0.15) is 30.0 Å². The van der Waals surface area contributed by atoms with E-state index >= 15 is 0 Å². The van der Waals surface area contributed by atoms with Gasteiger partial charge < -0.3 is 4.74 Å². The molecule has 4 rings (SSSR count). The lowest BCUT2D eigenvalue weighted by Crippen LogP contribution is -2.35. The Morgan fingerprint density at radius 2 is 2.00 bits per heavy atom. The van der Waals surface area contributed by atoms with Gasteiger partial charge in [-0.15, -0.1) is 0 Å². The van der Waals surface area contributed by atoms with E-state index in [1.807, 2.05) is 16.9 Å². The number of morpholine rings is 1. The molecule has 0 spiro atoms. The highest BCUT2D eigenvalue weighted by Crippen LogP contribution is 2.38. The maximum atomic E-state index is 12.1. The number of aryl methyl sites for hydroxylation is 1. The first-order valence-electron chi connectivity index (χ1n) is 8.88. The Bertz CT molecular complexity index is 913. The van der Waals surface area contributed by atoms with Crippen LogP contribution in [-0.2, 0) is 21.4 Å². The van der Waals surface area contributed by atoms with Gasteiger partial charge in [0.25, 0.3) is 10.1 Å². The molecule has 1 saturated heterocycles. The van der Waals surface area contributed by atoms with Crippen molar-refractivity contribution in [3.05, 3.63) is 35.7 Å². The topological polar surface area (TPSA) is 84.7 Å². The fourth-order valence-corrected chi connectivity index (χ4v) is 4.50. The van der Waals surface area contributed by atoms with Gasteiger partial charge in [-0.3, -0.25) is 14.1 Å². The third-order valence-electron chi connectivity index (χ3n) is 5.01. The van der Waals surface area contributed by atoms with Gasteiger partial charge in [0, 0.05) is 37.0 Å². The van der Waals surface area contributed by atoms with Crippen molar-refractivity contribution in [2.75, 3.05) is 26.3 Å². The van der Waals surface area contributed by atoms with E-state index < -0.39 is 10.1 Å². The van der Waals surface area contributed by atoms with E-state index in [1.165, 1.54) is 0 Å². The molecule has 140 valence electrons. The molecule has 0 radical (unpaired) electrons. The summed E-state index contributed by atoms with van der Waals surface area (Å²) in [6, 6.07) is 4.11. The Hall–Kier alpha value is -1.74. The molecular formula is C18H23N3O4S. The predicted molar refractivity (Wildman–Crippen MR) is 96.6 cm³/mol. The highest BCUT2D eigenvalue weighted by molar-refractivity contribution is 7.86. The van der Waals surface area contributed by atoms with Crippen molar-refractivity contribution < 1.29 is 17.7 Å². The number of hydrogen-bond acceptors (Lipinski definition) is 5. The molecule has 8 heteroatoms. The summed E-state index contributed by atoms with van der Waals surface area (Å²) >= 11 is 0. The second kappa shape index (κ2) is 6.77. The van der Waals surface area contributed by atoms with E-state index in [1.54, 1.807) is 19.2 Å². The fraction of sp³-hybridized carbons (Fsp3) is 0.500. The van der Waals surface area contributed by atoms with Crippen LogP contribution < -0.4 is 0 Å². The monoisotopic (exact) mass is 377 g/mol. The Balaban J connectivity index is 1.81. The Morgan fingerprint density at radius 3 is 2.65 bits per heavy atom. The van der Waals surface area contributed by atoms with Gasteiger partial charge in [0.05, 0.1) is 25.5 Å². The molecule has 1 aromatic carbocycles. The zero-order chi connectivity index (χ0) is 18.3. The van der Waals surface area contributed by atoms with Crippen LogP contribution in [0.25, 0.3) is 11.1 Å². The quantitative estimate of drug-likeness (QED) is 0.805. The molecule has 1 aromatic heterocycles. The minimum absolute atomic E-state index is 0.0152. The van der Waals surface area contributed by atoms with Gasteiger partial charge in [-0.2, -0.15) is 13.5 Å². The zero-order valence-electron chi connectivity index (χ0n) is 14.8. The Morgan fingerprint density at radius 1 is 1.27 bits per heavy atom. The minimum atomic E-state index is -4.35. The maximum absolute atomic E-state index is 12.1. The molecule has 2 aromatic rings. The van der Waals surface area contributed by atoms with Crippen molar-refractivity contribution >= 4 is 10.1 Å². The lowest BCUT2D eigenvalue weighted by molar-refractivity contribution is 0.0342. The van der Waals surface area contributed by atoms with Crippen LogP contribution >= 0.6 is 0 Å². The van der Waals surface area contributed by atoms with E-state index in [2.05, 4.69) is 10.00 Å². The molecule has 2 fully saturated rings. The average molecular weight is 377 g/mol. The van der Waals surface area contributed by atoms with Gasteiger partial charge in [0.2, 0.25) is 0 Å². The number of ether oxygens (including phenoxy) is 1. The van der Waals surface area contributed by atoms with Crippen LogP contribution in [0.5, 0.6) is 0 Å². The summed E-state index contributed by atoms with van der Waals surface area (Å²) in [7, 11) is -4.35. The first-order valence-corrected chi connectivity index (χ1v) is 10.3. The van der Waals surface area contributed by atoms with Gasteiger partial charge in [0.1, 0.15) is 4.90 Å². The molecule has 26 heavy (non-hydrogen) atoms. The SMILES string of the molecule is Cc1ccc(CN2CCOCC2)c(-c2cnn(C3CC3)c2)c1S(=O)(=O)O. The van der Waals surface area contributed by atoms with Crippen molar-refractivity contribution in [2.45, 2.75) is 37.2 Å². The molecule has 1 saturated carbocycles. The molecular weight excluding hydrogens is 354 g/mol. The van der Waals surface area contributed by atoms with Crippen molar-refractivity contribution in [2.24, 2.45) is 0 Å². The summed E-state index contributed by atoms with van der Waals surface area (Å²) in [4.78, 5) is 2.22. The summed E-state index contributed by atoms with van der Waals surface area (Å²) in [5, 5.41) is 4.40. The van der Waals surface area contributed by atoms with E-state index in [0.29, 0.717) is 36.9 Å². The average Bonchev–Trinajstić information content (AvgIpc) is 3.33. The standard InChI is InChI=1S/C18H23N3O4S/c1-13-2-3-14(11-20-6-8-25-9-7-20)17(18(13)26(22,23)24)15-10-19-21(12-15)16-4-5-16/h2-3,10,12,16H,4-9,11H2,1H3,(H,22,23,24). The largest absolute Gasteiger partial charge is 0.379 e. The summed E-state index contributed by atoms with van der Waals surface area (Å²) in [5.41, 5.74) is 2.70. The van der Waals surface area contributed by atoms with Gasteiger partial charge in [-0.05, 0) is 30.9 Å². The van der Waals surface area contributed by atoms with Gasteiger partial charge >= 0.3 is 0 Å². The number of nitrogens with zero attached hydrogens (tertiary/aromatic N) is 3. The number of hydrogen-bond donors (Lipinski definition) is 1. The lowest BCUT2D eigenvalue weighted by Gasteiger charge is -2.28. The summed E-state index contributed by atoms with van der Waals surface area (Å²) in [6.07, 6.45) is 5.79. The summed E-state index contributed by atoms with van der Waals surface area (Å²) in [5.74, 6) is 0. The summed E-state index contributed by atoms with van der Waals surface area (Å²) in [6.45, 7) is 5.26. The number of aromatic nitrogens is 2. The van der Waals surface area contributed by atoms with Crippen molar-refractivity contribution in [3.63, 3.8) is 0 Å². The van der Waals surface area contributed by atoms with Crippen LogP contribution in [0, 0.1) is 6.92 Å². The third kappa shape index (κ3) is 3.55. The van der Waals surface area contributed by atoms with E-state index in [4.69, 9.17) is 4.74 Å². The van der Waals surface area contributed by atoms with Crippen LogP contribution in [-0.4, -0.2) is 54.0 Å². The first kappa shape index (κ1) is 17.7. The van der Waals surface area contributed by atoms with Crippen LogP contribution in [0.2, 0.25) is 0 Å². The van der Waals surface area contributed by atoms with E-state index in [9.17, 15) is 13.0 Å². The molecule has 2 heterocycles. The minimum Gasteiger partial charge on any atom is -0.379 e. The Labute approximate surface area is 153 Å². The van der Waals surface area contributed by atoms with E-state index in [-0.39, 0.29) is 4.90 Å². The van der Waals surface area contributed by atoms with Crippen LogP contribution in [0.4, 0.5) is 0 Å². The first-order chi connectivity index (χ1) is 12.4. The lowest BCUT2D eigenvalue weighted by atomic mass is 9.99. The van der Waals surface area contributed by atoms with Crippen molar-refractivity contribution in [1.29, 1.82) is 0 Å². The molecule has 1 aliphatic heterocycles. The van der Waals surface area contributed by atoms with E-state index in [0.717, 1.165) is 37.1 Å². The van der Waals surface area contributed by atoms with Crippen molar-refractivity contribution in [1.82, 2.24) is 14.7 Å². The van der Waals surface area contributed by atoms with Gasteiger partial charge in [0.15, 0.2) is 0 Å². The number of rotatable bonds is 5. The second-order valence-electron chi connectivity index (χ2n) is 7.05. The highest BCUT2D eigenvalue weighted by Gasteiger charge is 2.28. The predicted octanol–water partition coefficient (Wildman–Crippen LogP) is 2.27. The van der Waals surface area contributed by atoms with Gasteiger partial charge in [-0.25, -0.2) is 0 Å². The molecule has 1 N–H and O–H groups in total. The van der Waals surface area contributed by atoms with Crippen molar-refractivity contribution in [3.8, 4) is 11.1 Å². The molecule has 0 atom stereocenters. The normalized spacial score (nSPS) is 19.0. The maximum Gasteiger partial charge on any atom is 0.295 e. The smallest absolute Gasteiger partial charge is 0.295 e. The van der Waals surface area contributed by atoms with Crippen LogP contribution in [0.3, 0.4) is 0 Å².